The van der Waals surface area contributed by atoms with Gasteiger partial charge in [-0.3, -0.25) is 4.90 Å². The average Bonchev–Trinajstić information content (AvgIpc) is 3.08. The zero-order valence-corrected chi connectivity index (χ0v) is 15.2. The lowest BCUT2D eigenvalue weighted by Crippen LogP contribution is -2.41. The van der Waals surface area contributed by atoms with Crippen molar-refractivity contribution < 1.29 is 19.4 Å². The number of likely N-dealkylation sites (tertiary alicyclic amines) is 1. The first-order chi connectivity index (χ1) is 12.1. The van der Waals surface area contributed by atoms with Gasteiger partial charge in [-0.25, -0.2) is 4.79 Å². The van der Waals surface area contributed by atoms with E-state index in [0.29, 0.717) is 30.5 Å². The van der Waals surface area contributed by atoms with E-state index in [0.717, 1.165) is 13.1 Å². The number of aliphatic hydroxyl groups excluding tert-OH is 1. The van der Waals surface area contributed by atoms with E-state index < -0.39 is 6.10 Å². The molecule has 0 amide bonds. The molecule has 6 nitrogen and oxygen atoms in total. The first kappa shape index (κ1) is 19.7. The maximum Gasteiger partial charge on any atom is 0.338 e. The molecule has 0 aliphatic carbocycles. The molecule has 0 saturated carbocycles. The molecule has 2 rings (SSSR count). The Hall–Kier alpha value is -1.63. The Morgan fingerprint density at radius 3 is 3.04 bits per heavy atom. The van der Waals surface area contributed by atoms with Crippen LogP contribution in [0.1, 0.15) is 37.0 Å². The highest BCUT2D eigenvalue weighted by Crippen LogP contribution is 2.16. The van der Waals surface area contributed by atoms with Crippen LogP contribution in [0.4, 0.5) is 0 Å². The summed E-state index contributed by atoms with van der Waals surface area (Å²) < 4.78 is 10.6. The molecular formula is C19H30N2O4. The molecule has 1 aromatic carbocycles. The lowest BCUT2D eigenvalue weighted by atomic mass is 10.2. The van der Waals surface area contributed by atoms with Gasteiger partial charge in [0.05, 0.1) is 12.2 Å². The van der Waals surface area contributed by atoms with Crippen LogP contribution in [0.5, 0.6) is 5.75 Å². The molecule has 140 valence electrons. The van der Waals surface area contributed by atoms with E-state index in [9.17, 15) is 9.90 Å². The van der Waals surface area contributed by atoms with Crippen LogP contribution in [-0.2, 0) is 4.74 Å². The van der Waals surface area contributed by atoms with E-state index in [1.165, 1.54) is 19.4 Å². The first-order valence-corrected chi connectivity index (χ1v) is 9.16. The predicted octanol–water partition coefficient (Wildman–Crippen LogP) is 1.68. The molecule has 0 radical (unpaired) electrons. The highest BCUT2D eigenvalue weighted by atomic mass is 16.5. The van der Waals surface area contributed by atoms with Crippen molar-refractivity contribution in [2.24, 2.45) is 0 Å². The molecule has 2 atom stereocenters. The average molecular weight is 350 g/mol. The Morgan fingerprint density at radius 2 is 2.28 bits per heavy atom. The van der Waals surface area contributed by atoms with Crippen molar-refractivity contribution in [2.45, 2.75) is 38.8 Å². The fraction of sp³-hybridized carbons (Fsp3) is 0.632. The summed E-state index contributed by atoms with van der Waals surface area (Å²) in [6.07, 6.45) is 1.87. The van der Waals surface area contributed by atoms with Crippen LogP contribution in [0.3, 0.4) is 0 Å². The molecule has 1 saturated heterocycles. The number of nitrogens with one attached hydrogen (secondary N) is 1. The summed E-state index contributed by atoms with van der Waals surface area (Å²) in [6.45, 7) is 8.11. The van der Waals surface area contributed by atoms with Crippen LogP contribution in [0, 0.1) is 0 Å². The number of ether oxygens (including phenoxy) is 2. The maximum atomic E-state index is 11.7. The predicted molar refractivity (Wildman–Crippen MR) is 97.0 cm³/mol. The molecule has 0 unspecified atom stereocenters. The number of aliphatic hydroxyl groups is 1. The Balaban J connectivity index is 1.70. The summed E-state index contributed by atoms with van der Waals surface area (Å²) in [5.74, 6) is 0.185. The fourth-order valence-corrected chi connectivity index (χ4v) is 3.14. The van der Waals surface area contributed by atoms with Crippen molar-refractivity contribution in [1.29, 1.82) is 0 Å². The molecule has 0 spiro atoms. The number of carbonyl (C=O) groups is 1. The molecule has 2 N–H and O–H groups in total. The normalized spacial score (nSPS) is 18.9. The zero-order chi connectivity index (χ0) is 18.1. The minimum atomic E-state index is -0.595. The summed E-state index contributed by atoms with van der Waals surface area (Å²) >= 11 is 0. The molecule has 25 heavy (non-hydrogen) atoms. The van der Waals surface area contributed by atoms with Crippen LogP contribution >= 0.6 is 0 Å². The van der Waals surface area contributed by atoms with E-state index in [-0.39, 0.29) is 12.6 Å². The Kier molecular flexibility index (Phi) is 8.18. The van der Waals surface area contributed by atoms with Crippen molar-refractivity contribution in [3.63, 3.8) is 0 Å². The third-order valence-corrected chi connectivity index (χ3v) is 4.45. The third-order valence-electron chi connectivity index (χ3n) is 4.45. The molecular weight excluding hydrogens is 320 g/mol. The number of benzene rings is 1. The molecule has 0 bridgehead atoms. The Labute approximate surface area is 150 Å². The fourth-order valence-electron chi connectivity index (χ4n) is 3.14. The van der Waals surface area contributed by atoms with Gasteiger partial charge in [-0.2, -0.15) is 0 Å². The van der Waals surface area contributed by atoms with E-state index in [1.807, 2.05) is 0 Å². The van der Waals surface area contributed by atoms with E-state index >= 15 is 0 Å². The quantitative estimate of drug-likeness (QED) is 0.626. The van der Waals surface area contributed by atoms with Gasteiger partial charge in [-0.15, -0.1) is 0 Å². The molecule has 6 heteroatoms. The van der Waals surface area contributed by atoms with Crippen LogP contribution in [0.25, 0.3) is 0 Å². The van der Waals surface area contributed by atoms with Crippen molar-refractivity contribution in [2.75, 3.05) is 39.4 Å². The second kappa shape index (κ2) is 10.4. The van der Waals surface area contributed by atoms with Gasteiger partial charge >= 0.3 is 5.97 Å². The van der Waals surface area contributed by atoms with Gasteiger partial charge in [-0.05, 0) is 51.1 Å². The minimum absolute atomic E-state index is 0.182. The molecule has 0 aromatic heterocycles. The third kappa shape index (κ3) is 6.30. The van der Waals surface area contributed by atoms with Gasteiger partial charge in [0.25, 0.3) is 0 Å². The van der Waals surface area contributed by atoms with Crippen LogP contribution < -0.4 is 10.1 Å². The van der Waals surface area contributed by atoms with Crippen molar-refractivity contribution in [3.8, 4) is 5.75 Å². The van der Waals surface area contributed by atoms with Crippen molar-refractivity contribution in [1.82, 2.24) is 10.2 Å². The van der Waals surface area contributed by atoms with Crippen LogP contribution in [0.15, 0.2) is 24.3 Å². The van der Waals surface area contributed by atoms with Gasteiger partial charge in [-0.1, -0.05) is 13.0 Å². The van der Waals surface area contributed by atoms with Gasteiger partial charge in [0.2, 0.25) is 0 Å². The SMILES string of the molecule is CCOC(=O)c1cccc(OC[C@@H](O)CNC[C@@H]2CCCN2CC)c1. The molecule has 1 heterocycles. The number of esters is 1. The molecule has 1 aromatic rings. The number of hydrogen-bond donors (Lipinski definition) is 2. The summed E-state index contributed by atoms with van der Waals surface area (Å²) in [7, 11) is 0. The van der Waals surface area contributed by atoms with Crippen LogP contribution in [-0.4, -0.2) is 67.5 Å². The summed E-state index contributed by atoms with van der Waals surface area (Å²) in [5, 5.41) is 13.4. The standard InChI is InChI=1S/C19H30N2O4/c1-3-21-10-6-8-16(21)12-20-13-17(22)14-25-18-9-5-7-15(11-18)19(23)24-4-2/h5,7,9,11,16-17,20,22H,3-4,6,8,10,12-14H2,1-2H3/t16-,17-/m0/s1. The smallest absolute Gasteiger partial charge is 0.338 e. The van der Waals surface area contributed by atoms with E-state index in [2.05, 4.69) is 17.1 Å². The summed E-state index contributed by atoms with van der Waals surface area (Å²) in [5.41, 5.74) is 0.452. The second-order valence-corrected chi connectivity index (χ2v) is 6.30. The monoisotopic (exact) mass is 350 g/mol. The van der Waals surface area contributed by atoms with Crippen molar-refractivity contribution in [3.05, 3.63) is 29.8 Å². The largest absolute Gasteiger partial charge is 0.491 e. The lowest BCUT2D eigenvalue weighted by Gasteiger charge is -2.23. The van der Waals surface area contributed by atoms with Gasteiger partial charge in [0, 0.05) is 19.1 Å². The van der Waals surface area contributed by atoms with Crippen LogP contribution in [0.2, 0.25) is 0 Å². The number of hydrogen-bond acceptors (Lipinski definition) is 6. The van der Waals surface area contributed by atoms with Crippen molar-refractivity contribution >= 4 is 5.97 Å². The van der Waals surface area contributed by atoms with Gasteiger partial charge < -0.3 is 19.9 Å². The number of likely N-dealkylation sites (N-methyl/N-ethyl adjacent to an activating group) is 1. The van der Waals surface area contributed by atoms with E-state index in [1.54, 1.807) is 31.2 Å². The summed E-state index contributed by atoms with van der Waals surface area (Å²) in [6, 6.07) is 7.39. The molecule has 1 aliphatic rings. The first-order valence-electron chi connectivity index (χ1n) is 9.16. The minimum Gasteiger partial charge on any atom is -0.491 e. The Morgan fingerprint density at radius 1 is 1.44 bits per heavy atom. The highest BCUT2D eigenvalue weighted by molar-refractivity contribution is 5.89. The molecule has 1 fully saturated rings. The second-order valence-electron chi connectivity index (χ2n) is 6.30. The highest BCUT2D eigenvalue weighted by Gasteiger charge is 2.22. The lowest BCUT2D eigenvalue weighted by molar-refractivity contribution is 0.0525. The van der Waals surface area contributed by atoms with Gasteiger partial charge in [0.15, 0.2) is 0 Å². The number of carbonyl (C=O) groups excluding carboxylic acids is 1. The molecule has 1 aliphatic heterocycles. The van der Waals surface area contributed by atoms with Gasteiger partial charge in [0.1, 0.15) is 18.5 Å². The summed E-state index contributed by atoms with van der Waals surface area (Å²) in [4.78, 5) is 14.2. The zero-order valence-electron chi connectivity index (χ0n) is 15.2. The van der Waals surface area contributed by atoms with E-state index in [4.69, 9.17) is 9.47 Å². The topological polar surface area (TPSA) is 71.0 Å². The maximum absolute atomic E-state index is 11.7. The number of rotatable bonds is 10. The Bertz CT molecular complexity index is 538. The number of nitrogens with zero attached hydrogens (tertiary/aromatic N) is 1.